The molecule has 1 aliphatic carbocycles. The molecule has 1 aromatic rings. The first-order valence-corrected chi connectivity index (χ1v) is 6.50. The molecule has 3 heteroatoms. The second-order valence-electron chi connectivity index (χ2n) is 5.29. The number of hydrogen-bond acceptors (Lipinski definition) is 2. The fraction of sp³-hybridized carbons (Fsp3) is 0.533. The van der Waals surface area contributed by atoms with E-state index in [0.29, 0.717) is 0 Å². The van der Waals surface area contributed by atoms with Gasteiger partial charge in [0.05, 0.1) is 6.10 Å². The van der Waals surface area contributed by atoms with Gasteiger partial charge in [-0.3, -0.25) is 4.79 Å². The first-order chi connectivity index (χ1) is 8.54. The van der Waals surface area contributed by atoms with Crippen molar-refractivity contribution in [3.05, 3.63) is 29.3 Å². The molecule has 2 unspecified atom stereocenters. The molecule has 98 valence electrons. The molecule has 1 fully saturated rings. The first kappa shape index (κ1) is 12.9. The average molecular weight is 248 g/mol. The van der Waals surface area contributed by atoms with E-state index < -0.39 is 5.97 Å². The quantitative estimate of drug-likeness (QED) is 0.889. The van der Waals surface area contributed by atoms with Crippen molar-refractivity contribution in [2.45, 2.75) is 45.6 Å². The molecule has 0 saturated heterocycles. The predicted octanol–water partition coefficient (Wildman–Crippen LogP) is 3.33. The number of aryl methyl sites for hydroxylation is 2. The number of benzene rings is 1. The fourth-order valence-electron chi connectivity index (χ4n) is 2.68. The number of rotatable bonds is 4. The molecule has 1 N–H and O–H groups in total. The monoisotopic (exact) mass is 248 g/mol. The molecule has 18 heavy (non-hydrogen) atoms. The number of ether oxygens (including phenoxy) is 1. The van der Waals surface area contributed by atoms with Crippen molar-refractivity contribution < 1.29 is 14.6 Å². The van der Waals surface area contributed by atoms with E-state index >= 15 is 0 Å². The third kappa shape index (κ3) is 3.25. The Labute approximate surface area is 108 Å². The number of aliphatic carboxylic acids is 1. The summed E-state index contributed by atoms with van der Waals surface area (Å²) < 4.78 is 5.98. The van der Waals surface area contributed by atoms with Crippen molar-refractivity contribution in [1.29, 1.82) is 0 Å². The molecule has 1 aliphatic rings. The third-order valence-electron chi connectivity index (χ3n) is 3.58. The lowest BCUT2D eigenvalue weighted by molar-refractivity contribution is -0.138. The third-order valence-corrected chi connectivity index (χ3v) is 3.58. The van der Waals surface area contributed by atoms with Crippen molar-refractivity contribution in [3.8, 4) is 5.75 Å². The Kier molecular flexibility index (Phi) is 3.90. The summed E-state index contributed by atoms with van der Waals surface area (Å²) in [5.41, 5.74) is 2.38. The molecule has 1 saturated carbocycles. The van der Waals surface area contributed by atoms with Crippen LogP contribution < -0.4 is 4.74 Å². The molecule has 0 bridgehead atoms. The highest BCUT2D eigenvalue weighted by atomic mass is 16.5. The highest BCUT2D eigenvalue weighted by molar-refractivity contribution is 5.67. The molecule has 3 nitrogen and oxygen atoms in total. The van der Waals surface area contributed by atoms with Crippen LogP contribution >= 0.6 is 0 Å². The molecule has 2 atom stereocenters. The van der Waals surface area contributed by atoms with Crippen LogP contribution in [0.25, 0.3) is 0 Å². The van der Waals surface area contributed by atoms with Crippen LogP contribution in [0.15, 0.2) is 18.2 Å². The van der Waals surface area contributed by atoms with Gasteiger partial charge in [-0.25, -0.2) is 0 Å². The van der Waals surface area contributed by atoms with E-state index in [1.165, 1.54) is 5.56 Å². The van der Waals surface area contributed by atoms with Gasteiger partial charge < -0.3 is 9.84 Å². The Morgan fingerprint density at radius 3 is 2.83 bits per heavy atom. The van der Waals surface area contributed by atoms with Crippen LogP contribution in [0.2, 0.25) is 0 Å². The van der Waals surface area contributed by atoms with Crippen LogP contribution in [0.1, 0.15) is 36.8 Å². The van der Waals surface area contributed by atoms with Gasteiger partial charge in [0.1, 0.15) is 5.75 Å². The maximum Gasteiger partial charge on any atom is 0.303 e. The topological polar surface area (TPSA) is 46.5 Å². The standard InChI is InChI=1S/C15H20O3/c1-10-3-6-14(11(2)7-10)18-13-5-4-12(8-13)9-15(16)17/h3,6-7,12-13H,4-5,8-9H2,1-2H3,(H,16,17). The molecule has 0 aliphatic heterocycles. The van der Waals surface area contributed by atoms with Crippen LogP contribution in [0.4, 0.5) is 0 Å². The van der Waals surface area contributed by atoms with Crippen molar-refractivity contribution in [3.63, 3.8) is 0 Å². The summed E-state index contributed by atoms with van der Waals surface area (Å²) in [5, 5.41) is 8.78. The lowest BCUT2D eigenvalue weighted by atomic mass is 10.0. The number of carboxylic acid groups (broad SMARTS) is 1. The highest BCUT2D eigenvalue weighted by Crippen LogP contribution is 2.32. The highest BCUT2D eigenvalue weighted by Gasteiger charge is 2.27. The second kappa shape index (κ2) is 5.42. The van der Waals surface area contributed by atoms with Crippen LogP contribution in [0.3, 0.4) is 0 Å². The van der Waals surface area contributed by atoms with E-state index in [-0.39, 0.29) is 18.4 Å². The van der Waals surface area contributed by atoms with Crippen molar-refractivity contribution in [2.24, 2.45) is 5.92 Å². The number of hydrogen-bond donors (Lipinski definition) is 1. The Balaban J connectivity index is 1.93. The van der Waals surface area contributed by atoms with Gasteiger partial charge in [0.25, 0.3) is 0 Å². The maximum atomic E-state index is 10.7. The zero-order chi connectivity index (χ0) is 13.1. The summed E-state index contributed by atoms with van der Waals surface area (Å²) >= 11 is 0. The minimum atomic E-state index is -0.702. The van der Waals surface area contributed by atoms with Gasteiger partial charge in [-0.2, -0.15) is 0 Å². The van der Waals surface area contributed by atoms with E-state index in [2.05, 4.69) is 13.0 Å². The van der Waals surface area contributed by atoms with Gasteiger partial charge >= 0.3 is 5.97 Å². The minimum absolute atomic E-state index is 0.177. The molecule has 0 radical (unpaired) electrons. The maximum absolute atomic E-state index is 10.7. The Morgan fingerprint density at radius 2 is 2.17 bits per heavy atom. The SMILES string of the molecule is Cc1ccc(OC2CCC(CC(=O)O)C2)c(C)c1. The van der Waals surface area contributed by atoms with Crippen molar-refractivity contribution >= 4 is 5.97 Å². The molecule has 0 heterocycles. The van der Waals surface area contributed by atoms with E-state index in [4.69, 9.17) is 9.84 Å². The summed E-state index contributed by atoms with van der Waals surface area (Å²) in [5.74, 6) is 0.506. The van der Waals surface area contributed by atoms with Crippen LogP contribution in [-0.2, 0) is 4.79 Å². The van der Waals surface area contributed by atoms with E-state index in [1.54, 1.807) is 0 Å². The molecular formula is C15H20O3. The van der Waals surface area contributed by atoms with Crippen molar-refractivity contribution in [1.82, 2.24) is 0 Å². The van der Waals surface area contributed by atoms with Crippen molar-refractivity contribution in [2.75, 3.05) is 0 Å². The predicted molar refractivity (Wildman–Crippen MR) is 69.9 cm³/mol. The number of carboxylic acids is 1. The molecule has 2 rings (SSSR count). The Morgan fingerprint density at radius 1 is 1.39 bits per heavy atom. The normalized spacial score (nSPS) is 23.0. The van der Waals surface area contributed by atoms with E-state index in [9.17, 15) is 4.79 Å². The van der Waals surface area contributed by atoms with Gasteiger partial charge in [0.15, 0.2) is 0 Å². The zero-order valence-corrected chi connectivity index (χ0v) is 11.0. The van der Waals surface area contributed by atoms with Crippen LogP contribution in [-0.4, -0.2) is 17.2 Å². The van der Waals surface area contributed by atoms with Crippen LogP contribution in [0, 0.1) is 19.8 Å². The van der Waals surface area contributed by atoms with E-state index in [0.717, 1.165) is 30.6 Å². The Bertz CT molecular complexity index is 439. The molecule has 0 aromatic heterocycles. The van der Waals surface area contributed by atoms with Gasteiger partial charge in [-0.05, 0) is 50.7 Å². The van der Waals surface area contributed by atoms with Gasteiger partial charge in [-0.1, -0.05) is 17.7 Å². The first-order valence-electron chi connectivity index (χ1n) is 6.50. The lowest BCUT2D eigenvalue weighted by Gasteiger charge is -2.16. The Hall–Kier alpha value is -1.51. The largest absolute Gasteiger partial charge is 0.490 e. The lowest BCUT2D eigenvalue weighted by Crippen LogP contribution is -2.13. The minimum Gasteiger partial charge on any atom is -0.490 e. The summed E-state index contributed by atoms with van der Waals surface area (Å²) in [7, 11) is 0. The van der Waals surface area contributed by atoms with Gasteiger partial charge in [0.2, 0.25) is 0 Å². The average Bonchev–Trinajstić information content (AvgIpc) is 2.69. The second-order valence-corrected chi connectivity index (χ2v) is 5.29. The summed E-state index contributed by atoms with van der Waals surface area (Å²) in [6.45, 7) is 4.11. The van der Waals surface area contributed by atoms with Gasteiger partial charge in [0, 0.05) is 6.42 Å². The van der Waals surface area contributed by atoms with Crippen LogP contribution in [0.5, 0.6) is 5.75 Å². The smallest absolute Gasteiger partial charge is 0.303 e. The van der Waals surface area contributed by atoms with E-state index in [1.807, 2.05) is 19.1 Å². The zero-order valence-electron chi connectivity index (χ0n) is 11.0. The summed E-state index contributed by atoms with van der Waals surface area (Å²) in [6, 6.07) is 6.17. The molecule has 0 amide bonds. The fourth-order valence-corrected chi connectivity index (χ4v) is 2.68. The van der Waals surface area contributed by atoms with Gasteiger partial charge in [-0.15, -0.1) is 0 Å². The molecule has 1 aromatic carbocycles. The summed E-state index contributed by atoms with van der Waals surface area (Å²) in [4.78, 5) is 10.7. The number of carbonyl (C=O) groups is 1. The summed E-state index contributed by atoms with van der Waals surface area (Å²) in [6.07, 6.45) is 3.23. The molecule has 0 spiro atoms. The molecular weight excluding hydrogens is 228 g/mol.